The number of hydrogen-bond acceptors (Lipinski definition) is 7. The molecule has 9 heteroatoms. The number of halogens is 1. The van der Waals surface area contributed by atoms with Gasteiger partial charge in [0, 0.05) is 44.2 Å². The number of ether oxygens (including phenoxy) is 1. The highest BCUT2D eigenvalue weighted by molar-refractivity contribution is 5.88. The van der Waals surface area contributed by atoms with Crippen molar-refractivity contribution in [2.75, 3.05) is 37.7 Å². The monoisotopic (exact) mass is 406 g/mol. The highest BCUT2D eigenvalue weighted by atomic mass is 19.1. The van der Waals surface area contributed by atoms with Gasteiger partial charge in [0.05, 0.1) is 12.2 Å². The third kappa shape index (κ3) is 5.23. The van der Waals surface area contributed by atoms with Crippen LogP contribution in [-0.4, -0.2) is 64.9 Å². The lowest BCUT2D eigenvalue weighted by atomic mass is 10.2. The van der Waals surface area contributed by atoms with Gasteiger partial charge in [-0.1, -0.05) is 19.0 Å². The number of benzene rings is 1. The SMILES string of the molecule is CC(C)c1noc(N2CCN(C(C)CCOc3ccc(C(=O)O)c(F)c3)CC2)n1. The predicted octanol–water partition coefficient (Wildman–Crippen LogP) is 3.01. The number of rotatable bonds is 8. The summed E-state index contributed by atoms with van der Waals surface area (Å²) in [5.74, 6) is -0.783. The average Bonchev–Trinajstić information content (AvgIpc) is 3.18. The Morgan fingerprint density at radius 3 is 2.59 bits per heavy atom. The Hall–Kier alpha value is -2.68. The molecule has 1 unspecified atom stereocenters. The van der Waals surface area contributed by atoms with Gasteiger partial charge in [0.25, 0.3) is 0 Å². The quantitative estimate of drug-likeness (QED) is 0.715. The van der Waals surface area contributed by atoms with E-state index in [0.717, 1.165) is 44.5 Å². The molecule has 29 heavy (non-hydrogen) atoms. The molecule has 0 spiro atoms. The summed E-state index contributed by atoms with van der Waals surface area (Å²) in [7, 11) is 0. The molecule has 1 aromatic carbocycles. The van der Waals surface area contributed by atoms with Crippen molar-refractivity contribution in [1.29, 1.82) is 0 Å². The first-order valence-electron chi connectivity index (χ1n) is 9.83. The third-order valence-electron chi connectivity index (χ3n) is 5.13. The summed E-state index contributed by atoms with van der Waals surface area (Å²) in [6.07, 6.45) is 0.778. The van der Waals surface area contributed by atoms with Crippen LogP contribution in [0.5, 0.6) is 5.75 Å². The smallest absolute Gasteiger partial charge is 0.338 e. The van der Waals surface area contributed by atoms with E-state index < -0.39 is 11.8 Å². The van der Waals surface area contributed by atoms with Gasteiger partial charge < -0.3 is 19.3 Å². The number of carboxylic acid groups (broad SMARTS) is 1. The molecule has 0 bridgehead atoms. The number of anilines is 1. The molecule has 1 aliphatic heterocycles. The zero-order valence-corrected chi connectivity index (χ0v) is 17.0. The lowest BCUT2D eigenvalue weighted by Gasteiger charge is -2.37. The van der Waals surface area contributed by atoms with Gasteiger partial charge in [-0.05, 0) is 25.5 Å². The second-order valence-corrected chi connectivity index (χ2v) is 7.55. The number of aromatic carboxylic acids is 1. The van der Waals surface area contributed by atoms with Crippen molar-refractivity contribution < 1.29 is 23.6 Å². The first-order chi connectivity index (χ1) is 13.8. The van der Waals surface area contributed by atoms with Crippen molar-refractivity contribution in [1.82, 2.24) is 15.0 Å². The van der Waals surface area contributed by atoms with Crippen LogP contribution in [-0.2, 0) is 0 Å². The topological polar surface area (TPSA) is 91.9 Å². The van der Waals surface area contributed by atoms with Crippen molar-refractivity contribution in [3.8, 4) is 5.75 Å². The Morgan fingerprint density at radius 1 is 1.28 bits per heavy atom. The van der Waals surface area contributed by atoms with Gasteiger partial charge >= 0.3 is 12.0 Å². The summed E-state index contributed by atoms with van der Waals surface area (Å²) < 4.78 is 24.7. The van der Waals surface area contributed by atoms with Gasteiger partial charge in [-0.25, -0.2) is 9.18 Å². The molecule has 1 atom stereocenters. The fourth-order valence-corrected chi connectivity index (χ4v) is 3.23. The maximum absolute atomic E-state index is 13.7. The molecular weight excluding hydrogens is 379 g/mol. The summed E-state index contributed by atoms with van der Waals surface area (Å²) >= 11 is 0. The van der Waals surface area contributed by atoms with Crippen LogP contribution in [0, 0.1) is 5.82 Å². The standard InChI is InChI=1S/C20H27FN4O4/c1-13(2)18-22-20(29-23-18)25-9-7-24(8-10-25)14(3)6-11-28-15-4-5-16(19(26)27)17(21)12-15/h4-5,12-14H,6-11H2,1-3H3,(H,26,27). The fourth-order valence-electron chi connectivity index (χ4n) is 3.23. The summed E-state index contributed by atoms with van der Waals surface area (Å²) in [6.45, 7) is 10.0. The Morgan fingerprint density at radius 2 is 2.00 bits per heavy atom. The number of piperazine rings is 1. The number of carbonyl (C=O) groups is 1. The summed E-state index contributed by atoms with van der Waals surface area (Å²) in [5, 5.41) is 12.9. The van der Waals surface area contributed by atoms with Gasteiger partial charge in [0.1, 0.15) is 11.6 Å². The van der Waals surface area contributed by atoms with Crippen LogP contribution in [0.2, 0.25) is 0 Å². The van der Waals surface area contributed by atoms with Crippen molar-refractivity contribution in [2.24, 2.45) is 0 Å². The van der Waals surface area contributed by atoms with Crippen LogP contribution in [0.3, 0.4) is 0 Å². The molecule has 1 saturated heterocycles. The van der Waals surface area contributed by atoms with Crippen LogP contribution in [0.1, 0.15) is 49.3 Å². The molecule has 1 aromatic heterocycles. The van der Waals surface area contributed by atoms with Crippen LogP contribution < -0.4 is 9.64 Å². The Kier molecular flexibility index (Phi) is 6.68. The van der Waals surface area contributed by atoms with Crippen LogP contribution in [0.15, 0.2) is 22.7 Å². The van der Waals surface area contributed by atoms with Crippen LogP contribution in [0.4, 0.5) is 10.4 Å². The minimum atomic E-state index is -1.29. The minimum Gasteiger partial charge on any atom is -0.493 e. The van der Waals surface area contributed by atoms with E-state index in [0.29, 0.717) is 24.4 Å². The molecule has 158 valence electrons. The zero-order chi connectivity index (χ0) is 21.0. The van der Waals surface area contributed by atoms with Gasteiger partial charge in [-0.15, -0.1) is 0 Å². The molecule has 1 N–H and O–H groups in total. The lowest BCUT2D eigenvalue weighted by molar-refractivity contribution is 0.0692. The van der Waals surface area contributed by atoms with Crippen molar-refractivity contribution in [3.05, 3.63) is 35.4 Å². The van der Waals surface area contributed by atoms with Gasteiger partial charge in [0.2, 0.25) is 0 Å². The summed E-state index contributed by atoms with van der Waals surface area (Å²) in [4.78, 5) is 19.8. The number of hydrogen-bond donors (Lipinski definition) is 1. The van der Waals surface area contributed by atoms with E-state index >= 15 is 0 Å². The van der Waals surface area contributed by atoms with E-state index in [1.165, 1.54) is 12.1 Å². The maximum atomic E-state index is 13.7. The second kappa shape index (κ2) is 9.21. The Labute approximate surface area is 169 Å². The molecule has 0 saturated carbocycles. The largest absolute Gasteiger partial charge is 0.493 e. The molecule has 0 radical (unpaired) electrons. The highest BCUT2D eigenvalue weighted by Gasteiger charge is 2.24. The summed E-state index contributed by atoms with van der Waals surface area (Å²) in [6, 6.07) is 4.69. The van der Waals surface area contributed by atoms with E-state index in [9.17, 15) is 9.18 Å². The van der Waals surface area contributed by atoms with E-state index in [1.54, 1.807) is 0 Å². The Balaban J connectivity index is 1.43. The van der Waals surface area contributed by atoms with Crippen molar-refractivity contribution in [3.63, 3.8) is 0 Å². The van der Waals surface area contributed by atoms with E-state index in [2.05, 4.69) is 26.9 Å². The van der Waals surface area contributed by atoms with Crippen molar-refractivity contribution in [2.45, 2.75) is 39.2 Å². The average molecular weight is 406 g/mol. The number of aromatic nitrogens is 2. The van der Waals surface area contributed by atoms with Gasteiger partial charge in [-0.2, -0.15) is 4.98 Å². The molecule has 1 aliphatic rings. The lowest BCUT2D eigenvalue weighted by Crippen LogP contribution is -2.50. The van der Waals surface area contributed by atoms with Crippen LogP contribution >= 0.6 is 0 Å². The van der Waals surface area contributed by atoms with Crippen molar-refractivity contribution >= 4 is 12.0 Å². The Bertz CT molecular complexity index is 834. The van der Waals surface area contributed by atoms with Crippen LogP contribution in [0.25, 0.3) is 0 Å². The van der Waals surface area contributed by atoms with Gasteiger partial charge in [0.15, 0.2) is 5.82 Å². The molecule has 8 nitrogen and oxygen atoms in total. The second-order valence-electron chi connectivity index (χ2n) is 7.55. The minimum absolute atomic E-state index is 0.239. The molecule has 0 aliphatic carbocycles. The molecular formula is C20H27FN4O4. The normalized spacial score (nSPS) is 16.2. The zero-order valence-electron chi connectivity index (χ0n) is 17.0. The number of nitrogens with zero attached hydrogens (tertiary/aromatic N) is 4. The summed E-state index contributed by atoms with van der Waals surface area (Å²) in [5.41, 5.74) is -0.356. The molecule has 1 fully saturated rings. The highest BCUT2D eigenvalue weighted by Crippen LogP contribution is 2.20. The first kappa shape index (κ1) is 21.0. The number of carboxylic acids is 1. The fraction of sp³-hybridized carbons (Fsp3) is 0.550. The van der Waals surface area contributed by atoms with Gasteiger partial charge in [-0.3, -0.25) is 4.90 Å². The maximum Gasteiger partial charge on any atom is 0.338 e. The molecule has 3 rings (SSSR count). The van der Waals surface area contributed by atoms with E-state index in [-0.39, 0.29) is 11.5 Å². The molecule has 2 heterocycles. The molecule has 0 amide bonds. The first-order valence-corrected chi connectivity index (χ1v) is 9.83. The predicted molar refractivity (Wildman–Crippen MR) is 105 cm³/mol. The van der Waals surface area contributed by atoms with E-state index in [4.69, 9.17) is 14.4 Å². The third-order valence-corrected chi connectivity index (χ3v) is 5.13. The molecule has 2 aromatic rings. The van der Waals surface area contributed by atoms with E-state index in [1.807, 2.05) is 13.8 Å².